The van der Waals surface area contributed by atoms with E-state index < -0.39 is 0 Å². The van der Waals surface area contributed by atoms with Crippen LogP contribution in [0.5, 0.6) is 0 Å². The van der Waals surface area contributed by atoms with E-state index >= 15 is 0 Å². The summed E-state index contributed by atoms with van der Waals surface area (Å²) in [6.45, 7) is 4.67. The number of halogens is 3. The average molecular weight is 463 g/mol. The molecule has 1 unspecified atom stereocenters. The molecule has 10 heteroatoms. The van der Waals surface area contributed by atoms with Crippen molar-refractivity contribution in [3.05, 3.63) is 35.2 Å². The van der Waals surface area contributed by atoms with E-state index in [1.54, 1.807) is 0 Å². The number of carbonyl (C=O) groups is 1. The third-order valence-corrected chi connectivity index (χ3v) is 5.47. The number of carbonyl (C=O) groups excluding carboxylic acids is 1. The molecule has 2 aromatic rings. The van der Waals surface area contributed by atoms with Crippen LogP contribution < -0.4 is 5.32 Å². The normalized spacial score (nSPS) is 19.9. The van der Waals surface area contributed by atoms with Crippen molar-refractivity contribution in [2.45, 2.75) is 31.8 Å². The van der Waals surface area contributed by atoms with Gasteiger partial charge in [0.15, 0.2) is 0 Å². The van der Waals surface area contributed by atoms with E-state index in [1.807, 2.05) is 29.2 Å². The number of nitrogens with one attached hydrogen (secondary N) is 1. The Kier molecular flexibility index (Phi) is 9.17. The summed E-state index contributed by atoms with van der Waals surface area (Å²) in [6.07, 6.45) is 3.25. The van der Waals surface area contributed by atoms with E-state index in [0.717, 1.165) is 51.1 Å². The van der Waals surface area contributed by atoms with Crippen LogP contribution in [0.15, 0.2) is 28.8 Å². The van der Waals surface area contributed by atoms with Crippen molar-refractivity contribution in [1.82, 2.24) is 25.3 Å². The van der Waals surface area contributed by atoms with Gasteiger partial charge >= 0.3 is 0 Å². The molecule has 29 heavy (non-hydrogen) atoms. The topological polar surface area (TPSA) is 74.5 Å². The predicted octanol–water partition coefficient (Wildman–Crippen LogP) is 3.02. The van der Waals surface area contributed by atoms with Crippen molar-refractivity contribution >= 4 is 42.3 Å². The first-order chi connectivity index (χ1) is 13.2. The molecule has 1 atom stereocenters. The lowest BCUT2D eigenvalue weighted by Gasteiger charge is -2.36. The van der Waals surface area contributed by atoms with Crippen LogP contribution in [-0.2, 0) is 11.3 Å². The Morgan fingerprint density at radius 1 is 1.14 bits per heavy atom. The van der Waals surface area contributed by atoms with Crippen LogP contribution >= 0.6 is 36.4 Å². The van der Waals surface area contributed by atoms with Gasteiger partial charge in [-0.3, -0.25) is 9.69 Å². The Morgan fingerprint density at radius 2 is 1.86 bits per heavy atom. The summed E-state index contributed by atoms with van der Waals surface area (Å²) in [4.78, 5) is 21.3. The molecule has 1 aromatic heterocycles. The van der Waals surface area contributed by atoms with E-state index in [0.29, 0.717) is 23.3 Å². The molecule has 1 aromatic carbocycles. The molecular weight excluding hydrogens is 437 g/mol. The van der Waals surface area contributed by atoms with Crippen LogP contribution in [0.4, 0.5) is 0 Å². The van der Waals surface area contributed by atoms with E-state index in [1.165, 1.54) is 6.42 Å². The third kappa shape index (κ3) is 6.06. The number of piperidine rings is 1. The standard InChI is InChI=1S/C19H24ClN5O2.2ClH/c20-15-6-4-14(5-7-15)18-22-17(27-23-18)13-24-9-11-25(12-10-24)19(26)16-3-1-2-8-21-16;;/h4-7,16,21H,1-3,8-13H2;2*1H. The fourth-order valence-electron chi connectivity index (χ4n) is 3.64. The Morgan fingerprint density at radius 3 is 2.52 bits per heavy atom. The first-order valence-corrected chi connectivity index (χ1v) is 9.90. The van der Waals surface area contributed by atoms with Gasteiger partial charge < -0.3 is 14.7 Å². The highest BCUT2D eigenvalue weighted by molar-refractivity contribution is 6.30. The van der Waals surface area contributed by atoms with Crippen LogP contribution in [0.25, 0.3) is 11.4 Å². The lowest BCUT2D eigenvalue weighted by molar-refractivity contribution is -0.135. The van der Waals surface area contributed by atoms with Gasteiger partial charge in [0.1, 0.15) is 0 Å². The van der Waals surface area contributed by atoms with Gasteiger partial charge in [-0.15, -0.1) is 24.8 Å². The molecule has 0 aliphatic carbocycles. The molecule has 1 N–H and O–H groups in total. The van der Waals surface area contributed by atoms with Gasteiger partial charge in [0.2, 0.25) is 17.6 Å². The number of nitrogens with zero attached hydrogens (tertiary/aromatic N) is 4. The molecule has 0 bridgehead atoms. The quantitative estimate of drug-likeness (QED) is 0.753. The minimum absolute atomic E-state index is 0. The summed E-state index contributed by atoms with van der Waals surface area (Å²) < 4.78 is 5.40. The zero-order chi connectivity index (χ0) is 18.6. The van der Waals surface area contributed by atoms with Crippen molar-refractivity contribution in [3.8, 4) is 11.4 Å². The number of rotatable bonds is 4. The molecule has 2 aliphatic heterocycles. The number of hydrogen-bond donors (Lipinski definition) is 1. The molecule has 0 spiro atoms. The first-order valence-electron chi connectivity index (χ1n) is 9.52. The maximum atomic E-state index is 12.6. The maximum absolute atomic E-state index is 12.6. The Bertz CT molecular complexity index is 772. The SMILES string of the molecule is Cl.Cl.O=C(C1CCCCN1)N1CCN(Cc2nc(-c3ccc(Cl)cc3)no2)CC1. The van der Waals surface area contributed by atoms with Gasteiger partial charge in [-0.1, -0.05) is 23.2 Å². The third-order valence-electron chi connectivity index (χ3n) is 5.22. The summed E-state index contributed by atoms with van der Waals surface area (Å²) in [5, 5.41) is 8.08. The molecule has 160 valence electrons. The van der Waals surface area contributed by atoms with Crippen LogP contribution in [0, 0.1) is 0 Å². The lowest BCUT2D eigenvalue weighted by Crippen LogP contribution is -2.54. The Balaban J connectivity index is 0.00000150. The summed E-state index contributed by atoms with van der Waals surface area (Å²) in [5.74, 6) is 1.41. The second kappa shape index (κ2) is 11.1. The monoisotopic (exact) mass is 461 g/mol. The van der Waals surface area contributed by atoms with Gasteiger partial charge in [0.05, 0.1) is 12.6 Å². The number of hydrogen-bond acceptors (Lipinski definition) is 6. The average Bonchev–Trinajstić information content (AvgIpc) is 3.18. The van der Waals surface area contributed by atoms with Crippen molar-refractivity contribution in [1.29, 1.82) is 0 Å². The summed E-state index contributed by atoms with van der Waals surface area (Å²) in [6, 6.07) is 7.37. The number of benzene rings is 1. The first kappa shape index (κ1) is 23.9. The van der Waals surface area contributed by atoms with Crippen LogP contribution in [0.1, 0.15) is 25.2 Å². The number of piperazine rings is 1. The maximum Gasteiger partial charge on any atom is 0.241 e. The molecule has 2 aliphatic rings. The molecule has 2 saturated heterocycles. The zero-order valence-corrected chi connectivity index (χ0v) is 18.4. The molecule has 1 amide bonds. The van der Waals surface area contributed by atoms with Crippen LogP contribution in [0.3, 0.4) is 0 Å². The van der Waals surface area contributed by atoms with E-state index in [4.69, 9.17) is 16.1 Å². The molecule has 7 nitrogen and oxygen atoms in total. The van der Waals surface area contributed by atoms with Gasteiger partial charge in [0, 0.05) is 36.8 Å². The van der Waals surface area contributed by atoms with E-state index in [9.17, 15) is 4.79 Å². The minimum Gasteiger partial charge on any atom is -0.339 e. The second-order valence-corrected chi connectivity index (χ2v) is 7.56. The van der Waals surface area contributed by atoms with Crippen molar-refractivity contribution in [3.63, 3.8) is 0 Å². The van der Waals surface area contributed by atoms with Gasteiger partial charge in [-0.25, -0.2) is 0 Å². The summed E-state index contributed by atoms with van der Waals surface area (Å²) in [5.41, 5.74) is 0.879. The predicted molar refractivity (Wildman–Crippen MR) is 117 cm³/mol. The highest BCUT2D eigenvalue weighted by atomic mass is 35.5. The molecule has 2 fully saturated rings. The molecule has 0 saturated carbocycles. The molecule has 0 radical (unpaired) electrons. The highest BCUT2D eigenvalue weighted by Crippen LogP contribution is 2.19. The lowest BCUT2D eigenvalue weighted by atomic mass is 10.0. The summed E-state index contributed by atoms with van der Waals surface area (Å²) >= 11 is 5.91. The van der Waals surface area contributed by atoms with Crippen LogP contribution in [0.2, 0.25) is 5.02 Å². The molecule has 3 heterocycles. The zero-order valence-electron chi connectivity index (χ0n) is 16.1. The van der Waals surface area contributed by atoms with E-state index in [-0.39, 0.29) is 36.8 Å². The van der Waals surface area contributed by atoms with Crippen molar-refractivity contribution in [2.75, 3.05) is 32.7 Å². The summed E-state index contributed by atoms with van der Waals surface area (Å²) in [7, 11) is 0. The Hall–Kier alpha value is -1.38. The molecular formula is C19H26Cl3N5O2. The van der Waals surface area contributed by atoms with Crippen molar-refractivity contribution in [2.24, 2.45) is 0 Å². The van der Waals surface area contributed by atoms with Gasteiger partial charge in [-0.05, 0) is 43.7 Å². The van der Waals surface area contributed by atoms with E-state index in [2.05, 4.69) is 20.4 Å². The van der Waals surface area contributed by atoms with Crippen molar-refractivity contribution < 1.29 is 9.32 Å². The minimum atomic E-state index is 0. The second-order valence-electron chi connectivity index (χ2n) is 7.12. The largest absolute Gasteiger partial charge is 0.339 e. The number of aromatic nitrogens is 2. The highest BCUT2D eigenvalue weighted by Gasteiger charge is 2.28. The fraction of sp³-hybridized carbons (Fsp3) is 0.526. The molecule has 4 rings (SSSR count). The fourth-order valence-corrected chi connectivity index (χ4v) is 3.76. The van der Waals surface area contributed by atoms with Gasteiger partial charge in [0.25, 0.3) is 0 Å². The Labute approximate surface area is 188 Å². The smallest absolute Gasteiger partial charge is 0.241 e. The van der Waals surface area contributed by atoms with Crippen LogP contribution in [-0.4, -0.2) is 64.6 Å². The number of amides is 1. The van der Waals surface area contributed by atoms with Gasteiger partial charge in [-0.2, -0.15) is 4.98 Å².